The summed E-state index contributed by atoms with van der Waals surface area (Å²) in [5.74, 6) is 2.51. The first-order valence-electron chi connectivity index (χ1n) is 12.3. The molecule has 160 valence electrons. The first-order valence-corrected chi connectivity index (χ1v) is 12.3. The van der Waals surface area contributed by atoms with Crippen LogP contribution in [0.1, 0.15) is 103 Å². The van der Waals surface area contributed by atoms with E-state index in [9.17, 15) is 9.59 Å². The average Bonchev–Trinajstić information content (AvgIpc) is 3.42. The maximum absolute atomic E-state index is 12.4. The molecule has 3 aliphatic carbocycles. The smallest absolute Gasteiger partial charge is 0.223 e. The molecule has 0 aromatic carbocycles. The summed E-state index contributed by atoms with van der Waals surface area (Å²) in [7, 11) is 0. The van der Waals surface area contributed by atoms with Gasteiger partial charge >= 0.3 is 0 Å². The van der Waals surface area contributed by atoms with E-state index >= 15 is 0 Å². The molecule has 0 unspecified atom stereocenters. The maximum Gasteiger partial charge on any atom is 0.223 e. The Morgan fingerprint density at radius 2 is 0.929 bits per heavy atom. The highest BCUT2D eigenvalue weighted by Crippen LogP contribution is 2.30. The third-order valence-electron chi connectivity index (χ3n) is 7.60. The Balaban J connectivity index is 1.21. The predicted octanol–water partition coefficient (Wildman–Crippen LogP) is 4.97. The minimum atomic E-state index is 0.123. The Morgan fingerprint density at radius 1 is 0.571 bits per heavy atom. The molecule has 0 saturated heterocycles. The molecule has 0 bridgehead atoms. The average molecular weight is 391 g/mol. The molecule has 4 heteroatoms. The lowest BCUT2D eigenvalue weighted by Gasteiger charge is -2.27. The van der Waals surface area contributed by atoms with Gasteiger partial charge in [-0.3, -0.25) is 9.59 Å². The highest BCUT2D eigenvalue weighted by Gasteiger charge is 2.29. The molecular formula is C24H42N2O2. The molecule has 0 heterocycles. The van der Waals surface area contributed by atoms with Gasteiger partial charge in [-0.05, 0) is 63.2 Å². The van der Waals surface area contributed by atoms with E-state index in [1.807, 2.05) is 0 Å². The third-order valence-corrected chi connectivity index (χ3v) is 7.60. The second kappa shape index (κ2) is 11.8. The minimum Gasteiger partial charge on any atom is -0.356 e. The van der Waals surface area contributed by atoms with Crippen molar-refractivity contribution in [1.82, 2.24) is 10.6 Å². The zero-order valence-electron chi connectivity index (χ0n) is 17.9. The molecule has 4 nitrogen and oxygen atoms in total. The van der Waals surface area contributed by atoms with Gasteiger partial charge in [0.15, 0.2) is 0 Å². The van der Waals surface area contributed by atoms with Crippen LogP contribution >= 0.6 is 0 Å². The van der Waals surface area contributed by atoms with E-state index in [1.54, 1.807) is 0 Å². The van der Waals surface area contributed by atoms with Crippen molar-refractivity contribution in [2.24, 2.45) is 23.7 Å². The normalized spacial score (nSPS) is 26.4. The molecule has 0 aromatic rings. The van der Waals surface area contributed by atoms with Crippen LogP contribution in [0.3, 0.4) is 0 Å². The van der Waals surface area contributed by atoms with Crippen LogP contribution in [0.5, 0.6) is 0 Å². The van der Waals surface area contributed by atoms with E-state index in [-0.39, 0.29) is 23.7 Å². The number of hydrogen-bond acceptors (Lipinski definition) is 2. The van der Waals surface area contributed by atoms with Crippen LogP contribution in [0.4, 0.5) is 0 Å². The molecule has 3 aliphatic rings. The Morgan fingerprint density at radius 3 is 1.29 bits per heavy atom. The number of carbonyl (C=O) groups is 2. The molecule has 3 fully saturated rings. The fourth-order valence-electron chi connectivity index (χ4n) is 5.71. The highest BCUT2D eigenvalue weighted by atomic mass is 16.2. The Labute approximate surface area is 172 Å². The first-order chi connectivity index (χ1) is 13.7. The van der Waals surface area contributed by atoms with Crippen LogP contribution in [0.15, 0.2) is 0 Å². The molecule has 0 radical (unpaired) electrons. The van der Waals surface area contributed by atoms with Crippen LogP contribution in [0, 0.1) is 23.7 Å². The second-order valence-corrected chi connectivity index (χ2v) is 9.72. The van der Waals surface area contributed by atoms with Gasteiger partial charge in [-0.15, -0.1) is 0 Å². The third kappa shape index (κ3) is 7.08. The van der Waals surface area contributed by atoms with Gasteiger partial charge in [0.05, 0.1) is 0 Å². The summed E-state index contributed by atoms with van der Waals surface area (Å²) in [5, 5.41) is 6.30. The summed E-state index contributed by atoms with van der Waals surface area (Å²) >= 11 is 0. The molecule has 0 aromatic heterocycles. The van der Waals surface area contributed by atoms with E-state index in [0.29, 0.717) is 0 Å². The first kappa shape index (κ1) is 21.6. The zero-order chi connectivity index (χ0) is 19.6. The topological polar surface area (TPSA) is 58.2 Å². The van der Waals surface area contributed by atoms with Crippen molar-refractivity contribution in [3.8, 4) is 0 Å². The Bertz CT molecular complexity index is 429. The lowest BCUT2D eigenvalue weighted by Crippen LogP contribution is -2.38. The Kier molecular flexibility index (Phi) is 9.14. The predicted molar refractivity (Wildman–Crippen MR) is 114 cm³/mol. The fraction of sp³-hybridized carbons (Fsp3) is 0.917. The van der Waals surface area contributed by atoms with Gasteiger partial charge in [0.1, 0.15) is 0 Å². The highest BCUT2D eigenvalue weighted by molar-refractivity contribution is 5.81. The molecular weight excluding hydrogens is 348 g/mol. The van der Waals surface area contributed by atoms with Crippen molar-refractivity contribution in [3.63, 3.8) is 0 Å². The van der Waals surface area contributed by atoms with Gasteiger partial charge in [0, 0.05) is 24.9 Å². The van der Waals surface area contributed by atoms with Crippen molar-refractivity contribution >= 4 is 11.8 Å². The summed E-state index contributed by atoms with van der Waals surface area (Å²) in [5.41, 5.74) is 0. The second-order valence-electron chi connectivity index (χ2n) is 9.72. The number of carbonyl (C=O) groups excluding carboxylic acids is 2. The number of amides is 2. The summed E-state index contributed by atoms with van der Waals surface area (Å²) < 4.78 is 0. The molecule has 28 heavy (non-hydrogen) atoms. The fourth-order valence-corrected chi connectivity index (χ4v) is 5.71. The van der Waals surface area contributed by atoms with Crippen LogP contribution in [-0.2, 0) is 9.59 Å². The van der Waals surface area contributed by atoms with E-state index in [1.165, 1.54) is 64.2 Å². The van der Waals surface area contributed by atoms with Crippen LogP contribution in [0.2, 0.25) is 0 Å². The molecule has 2 amide bonds. The van der Waals surface area contributed by atoms with Crippen molar-refractivity contribution in [2.75, 3.05) is 13.1 Å². The van der Waals surface area contributed by atoms with E-state index in [0.717, 1.165) is 63.5 Å². The number of rotatable bonds is 10. The van der Waals surface area contributed by atoms with Crippen LogP contribution in [0.25, 0.3) is 0 Å². The Hall–Kier alpha value is -1.06. The summed E-state index contributed by atoms with van der Waals surface area (Å²) in [4.78, 5) is 24.8. The van der Waals surface area contributed by atoms with Crippen LogP contribution < -0.4 is 10.6 Å². The van der Waals surface area contributed by atoms with Crippen molar-refractivity contribution in [3.05, 3.63) is 0 Å². The summed E-state index contributed by atoms with van der Waals surface area (Å²) in [6.45, 7) is 1.66. The molecule has 3 rings (SSSR count). The lowest BCUT2D eigenvalue weighted by molar-refractivity contribution is -0.130. The van der Waals surface area contributed by atoms with Crippen LogP contribution in [-0.4, -0.2) is 24.9 Å². The van der Waals surface area contributed by atoms with E-state index < -0.39 is 0 Å². The quantitative estimate of drug-likeness (QED) is 0.518. The zero-order valence-corrected chi connectivity index (χ0v) is 17.9. The minimum absolute atomic E-state index is 0.123. The standard InChI is InChI=1S/C24H42N2O2/c27-23(25-17-5-11-19-7-1-2-8-19)21-13-15-22(16-14-21)24(28)26-18-6-12-20-9-3-4-10-20/h19-22H,1-18H2,(H,25,27)(H,26,28). The van der Waals surface area contributed by atoms with Gasteiger partial charge in [0.25, 0.3) is 0 Å². The maximum atomic E-state index is 12.4. The SMILES string of the molecule is O=C(NCCCC1CCCC1)C1CCC(C(=O)NCCCC2CCCC2)CC1. The largest absolute Gasteiger partial charge is 0.356 e. The number of hydrogen-bond donors (Lipinski definition) is 2. The van der Waals surface area contributed by atoms with Crippen molar-refractivity contribution in [2.45, 2.75) is 103 Å². The van der Waals surface area contributed by atoms with Crippen molar-refractivity contribution < 1.29 is 9.59 Å². The van der Waals surface area contributed by atoms with Gasteiger partial charge in [-0.2, -0.15) is 0 Å². The van der Waals surface area contributed by atoms with E-state index in [4.69, 9.17) is 0 Å². The molecule has 2 N–H and O–H groups in total. The van der Waals surface area contributed by atoms with Crippen molar-refractivity contribution in [1.29, 1.82) is 0 Å². The summed E-state index contributed by atoms with van der Waals surface area (Å²) in [6.07, 6.45) is 19.4. The monoisotopic (exact) mass is 390 g/mol. The molecule has 0 spiro atoms. The van der Waals surface area contributed by atoms with Gasteiger partial charge in [0.2, 0.25) is 11.8 Å². The number of nitrogens with one attached hydrogen (secondary N) is 2. The van der Waals surface area contributed by atoms with Gasteiger partial charge in [-0.25, -0.2) is 0 Å². The molecule has 3 saturated carbocycles. The summed E-state index contributed by atoms with van der Waals surface area (Å²) in [6, 6.07) is 0. The van der Waals surface area contributed by atoms with Gasteiger partial charge in [-0.1, -0.05) is 51.4 Å². The van der Waals surface area contributed by atoms with Gasteiger partial charge < -0.3 is 10.6 Å². The molecule has 0 aliphatic heterocycles. The lowest BCUT2D eigenvalue weighted by atomic mass is 9.81. The molecule has 0 atom stereocenters. The van der Waals surface area contributed by atoms with E-state index in [2.05, 4.69) is 10.6 Å².